The van der Waals surface area contributed by atoms with Crippen LogP contribution in [0.15, 0.2) is 23.6 Å². The lowest BCUT2D eigenvalue weighted by Gasteiger charge is -2.08. The van der Waals surface area contributed by atoms with E-state index in [1.807, 2.05) is 30.5 Å². The number of benzene rings is 1. The molecule has 1 atom stereocenters. The minimum absolute atomic E-state index is 0.0633. The van der Waals surface area contributed by atoms with Gasteiger partial charge in [-0.2, -0.15) is 0 Å². The van der Waals surface area contributed by atoms with Crippen molar-refractivity contribution < 1.29 is 9.47 Å². The van der Waals surface area contributed by atoms with Crippen LogP contribution in [0.2, 0.25) is 0 Å². The third kappa shape index (κ3) is 2.47. The summed E-state index contributed by atoms with van der Waals surface area (Å²) in [6, 6.07) is 5.60. The Balaban J connectivity index is 2.46. The van der Waals surface area contributed by atoms with Crippen LogP contribution in [-0.4, -0.2) is 19.2 Å². The highest BCUT2D eigenvalue weighted by molar-refractivity contribution is 7.13. The smallest absolute Gasteiger partial charge is 0.129 e. The van der Waals surface area contributed by atoms with E-state index < -0.39 is 0 Å². The summed E-state index contributed by atoms with van der Waals surface area (Å²) in [4.78, 5) is 4.52. The molecule has 2 N–H and O–H groups in total. The van der Waals surface area contributed by atoms with Crippen LogP contribution in [0.3, 0.4) is 0 Å². The zero-order chi connectivity index (χ0) is 13.1. The highest BCUT2D eigenvalue weighted by Crippen LogP contribution is 2.35. The summed E-state index contributed by atoms with van der Waals surface area (Å²) in [5.74, 6) is 1.56. The Bertz CT molecular complexity index is 538. The first-order chi connectivity index (χ1) is 8.65. The van der Waals surface area contributed by atoms with Gasteiger partial charge in [-0.15, -0.1) is 11.3 Å². The molecule has 1 heterocycles. The van der Waals surface area contributed by atoms with Gasteiger partial charge in [-0.3, -0.25) is 0 Å². The van der Waals surface area contributed by atoms with Gasteiger partial charge >= 0.3 is 0 Å². The number of ether oxygens (including phenoxy) is 2. The van der Waals surface area contributed by atoms with Gasteiger partial charge in [0, 0.05) is 11.4 Å². The lowest BCUT2D eigenvalue weighted by molar-refractivity contribution is 0.404. The van der Waals surface area contributed by atoms with Gasteiger partial charge in [0.2, 0.25) is 0 Å². The Morgan fingerprint density at radius 3 is 2.61 bits per heavy atom. The number of rotatable bonds is 4. The molecule has 1 unspecified atom stereocenters. The standard InChI is InChI=1S/C13H16N2O2S/c1-8(14)11-7-18-13(15-11)10-6-9(16-2)4-5-12(10)17-3/h4-8H,14H2,1-3H3. The molecule has 0 bridgehead atoms. The molecule has 2 rings (SSSR count). The van der Waals surface area contributed by atoms with Gasteiger partial charge in [0.25, 0.3) is 0 Å². The molecule has 0 aliphatic heterocycles. The zero-order valence-electron chi connectivity index (χ0n) is 10.6. The molecule has 2 aromatic rings. The van der Waals surface area contributed by atoms with Crippen LogP contribution >= 0.6 is 11.3 Å². The first-order valence-electron chi connectivity index (χ1n) is 5.59. The van der Waals surface area contributed by atoms with E-state index in [1.54, 1.807) is 25.6 Å². The summed E-state index contributed by atoms with van der Waals surface area (Å²) >= 11 is 1.55. The maximum absolute atomic E-state index is 5.82. The number of methoxy groups -OCH3 is 2. The SMILES string of the molecule is COc1ccc(OC)c(-c2nc(C(C)N)cs2)c1. The second-order valence-corrected chi connectivity index (χ2v) is 4.79. The maximum atomic E-state index is 5.82. The van der Waals surface area contributed by atoms with E-state index >= 15 is 0 Å². The average Bonchev–Trinajstić information content (AvgIpc) is 2.87. The van der Waals surface area contributed by atoms with Gasteiger partial charge < -0.3 is 15.2 Å². The lowest BCUT2D eigenvalue weighted by Crippen LogP contribution is -2.04. The molecule has 0 aliphatic carbocycles. The maximum Gasteiger partial charge on any atom is 0.129 e. The largest absolute Gasteiger partial charge is 0.497 e. The molecule has 1 aromatic heterocycles. The number of hydrogen-bond acceptors (Lipinski definition) is 5. The summed E-state index contributed by atoms with van der Waals surface area (Å²) in [6.45, 7) is 1.92. The fourth-order valence-electron chi connectivity index (χ4n) is 1.60. The lowest BCUT2D eigenvalue weighted by atomic mass is 10.2. The molecule has 0 saturated heterocycles. The monoisotopic (exact) mass is 264 g/mol. The first-order valence-corrected chi connectivity index (χ1v) is 6.47. The Kier molecular flexibility index (Phi) is 3.84. The fourth-order valence-corrected chi connectivity index (χ4v) is 2.54. The molecule has 96 valence electrons. The van der Waals surface area contributed by atoms with E-state index in [2.05, 4.69) is 4.98 Å². The third-order valence-electron chi connectivity index (χ3n) is 2.63. The van der Waals surface area contributed by atoms with Crippen LogP contribution in [0.4, 0.5) is 0 Å². The highest BCUT2D eigenvalue weighted by Gasteiger charge is 2.13. The summed E-state index contributed by atoms with van der Waals surface area (Å²) in [7, 11) is 3.28. The molecule has 5 heteroatoms. The molecule has 0 fully saturated rings. The predicted molar refractivity (Wildman–Crippen MR) is 73.3 cm³/mol. The van der Waals surface area contributed by atoms with Crippen molar-refractivity contribution in [2.24, 2.45) is 5.73 Å². The molecule has 1 aromatic carbocycles. The van der Waals surface area contributed by atoms with Gasteiger partial charge in [0.05, 0.1) is 25.5 Å². The number of nitrogens with two attached hydrogens (primary N) is 1. The van der Waals surface area contributed by atoms with Crippen LogP contribution in [0.25, 0.3) is 10.6 Å². The molecule has 18 heavy (non-hydrogen) atoms. The topological polar surface area (TPSA) is 57.4 Å². The van der Waals surface area contributed by atoms with E-state index in [0.717, 1.165) is 27.8 Å². The number of aromatic nitrogens is 1. The van der Waals surface area contributed by atoms with Crippen molar-refractivity contribution in [3.8, 4) is 22.1 Å². The molecular formula is C13H16N2O2S. The Morgan fingerprint density at radius 2 is 2.06 bits per heavy atom. The van der Waals surface area contributed by atoms with Crippen molar-refractivity contribution >= 4 is 11.3 Å². The number of nitrogens with zero attached hydrogens (tertiary/aromatic N) is 1. The van der Waals surface area contributed by atoms with Gasteiger partial charge in [0.1, 0.15) is 16.5 Å². The highest BCUT2D eigenvalue weighted by atomic mass is 32.1. The second-order valence-electron chi connectivity index (χ2n) is 3.93. The van der Waals surface area contributed by atoms with Crippen molar-refractivity contribution in [3.05, 3.63) is 29.3 Å². The van der Waals surface area contributed by atoms with Gasteiger partial charge in [-0.25, -0.2) is 4.98 Å². The normalized spacial score (nSPS) is 12.2. The van der Waals surface area contributed by atoms with Gasteiger partial charge in [-0.1, -0.05) is 0 Å². The molecule has 0 saturated carbocycles. The molecule has 0 radical (unpaired) electrons. The van der Waals surface area contributed by atoms with Crippen LogP contribution in [0.1, 0.15) is 18.7 Å². The number of hydrogen-bond donors (Lipinski definition) is 1. The summed E-state index contributed by atoms with van der Waals surface area (Å²) in [5, 5.41) is 2.86. The van der Waals surface area contributed by atoms with Crippen LogP contribution in [0.5, 0.6) is 11.5 Å². The van der Waals surface area contributed by atoms with Crippen LogP contribution < -0.4 is 15.2 Å². The van der Waals surface area contributed by atoms with E-state index in [9.17, 15) is 0 Å². The molecule has 0 aliphatic rings. The van der Waals surface area contributed by atoms with Crippen LogP contribution in [-0.2, 0) is 0 Å². The summed E-state index contributed by atoms with van der Waals surface area (Å²) in [6.07, 6.45) is 0. The van der Waals surface area contributed by atoms with E-state index in [1.165, 1.54) is 0 Å². The van der Waals surface area contributed by atoms with Crippen molar-refractivity contribution in [2.75, 3.05) is 14.2 Å². The summed E-state index contributed by atoms with van der Waals surface area (Å²) in [5.41, 5.74) is 7.63. The van der Waals surface area contributed by atoms with Crippen molar-refractivity contribution in [1.29, 1.82) is 0 Å². The van der Waals surface area contributed by atoms with Gasteiger partial charge in [-0.05, 0) is 25.1 Å². The Morgan fingerprint density at radius 1 is 1.28 bits per heavy atom. The third-order valence-corrected chi connectivity index (χ3v) is 3.52. The first kappa shape index (κ1) is 12.9. The van der Waals surface area contributed by atoms with E-state index in [-0.39, 0.29) is 6.04 Å². The van der Waals surface area contributed by atoms with Crippen molar-refractivity contribution in [3.63, 3.8) is 0 Å². The van der Waals surface area contributed by atoms with E-state index in [0.29, 0.717) is 0 Å². The second kappa shape index (κ2) is 5.37. The Labute approximate surface area is 110 Å². The summed E-state index contributed by atoms with van der Waals surface area (Å²) < 4.78 is 10.6. The van der Waals surface area contributed by atoms with Crippen LogP contribution in [0, 0.1) is 0 Å². The molecule has 0 amide bonds. The molecular weight excluding hydrogens is 248 g/mol. The molecule has 4 nitrogen and oxygen atoms in total. The van der Waals surface area contributed by atoms with Gasteiger partial charge in [0.15, 0.2) is 0 Å². The Hall–Kier alpha value is -1.59. The molecule has 0 spiro atoms. The quantitative estimate of drug-likeness (QED) is 0.922. The van der Waals surface area contributed by atoms with Crippen molar-refractivity contribution in [1.82, 2.24) is 4.98 Å². The predicted octanol–water partition coefficient (Wildman–Crippen LogP) is 2.85. The number of thiazole rings is 1. The van der Waals surface area contributed by atoms with E-state index in [4.69, 9.17) is 15.2 Å². The average molecular weight is 264 g/mol. The minimum Gasteiger partial charge on any atom is -0.497 e. The van der Waals surface area contributed by atoms with Crippen molar-refractivity contribution in [2.45, 2.75) is 13.0 Å². The zero-order valence-corrected chi connectivity index (χ0v) is 11.5. The minimum atomic E-state index is -0.0633. The fraction of sp³-hybridized carbons (Fsp3) is 0.308.